The van der Waals surface area contributed by atoms with Gasteiger partial charge in [-0.15, -0.1) is 0 Å². The number of fused-ring (bicyclic) bond motifs is 1. The number of hydrogen-bond donors (Lipinski definition) is 2. The van der Waals surface area contributed by atoms with Crippen molar-refractivity contribution in [1.29, 1.82) is 0 Å². The predicted molar refractivity (Wildman–Crippen MR) is 99.1 cm³/mol. The van der Waals surface area contributed by atoms with Crippen molar-refractivity contribution in [2.75, 3.05) is 5.32 Å². The average molecular weight is 348 g/mol. The highest BCUT2D eigenvalue weighted by molar-refractivity contribution is 6.08. The van der Waals surface area contributed by atoms with Crippen LogP contribution in [0, 0.1) is 6.92 Å². The van der Waals surface area contributed by atoms with Crippen molar-refractivity contribution < 1.29 is 9.59 Å². The van der Waals surface area contributed by atoms with Crippen molar-refractivity contribution in [2.24, 2.45) is 0 Å². The van der Waals surface area contributed by atoms with Crippen LogP contribution in [0.1, 0.15) is 46.8 Å². The molecule has 2 N–H and O–H groups in total. The van der Waals surface area contributed by atoms with Gasteiger partial charge in [0.05, 0.1) is 23.3 Å². The van der Waals surface area contributed by atoms with Gasteiger partial charge in [-0.1, -0.05) is 12.1 Å². The van der Waals surface area contributed by atoms with E-state index in [1.807, 2.05) is 49.5 Å². The summed E-state index contributed by atoms with van der Waals surface area (Å²) in [6, 6.07) is 11.5. The fraction of sp³-hybridized carbons (Fsp3) is 0.250. The van der Waals surface area contributed by atoms with E-state index in [4.69, 9.17) is 0 Å². The molecule has 26 heavy (non-hydrogen) atoms. The van der Waals surface area contributed by atoms with E-state index in [9.17, 15) is 9.59 Å². The van der Waals surface area contributed by atoms with Crippen LogP contribution < -0.4 is 10.6 Å². The van der Waals surface area contributed by atoms with E-state index in [1.54, 1.807) is 10.7 Å². The Bertz CT molecular complexity index is 992. The second-order valence-electron chi connectivity index (χ2n) is 6.68. The van der Waals surface area contributed by atoms with E-state index < -0.39 is 0 Å². The van der Waals surface area contributed by atoms with Crippen molar-refractivity contribution in [3.63, 3.8) is 0 Å². The maximum Gasteiger partial charge on any atom is 0.259 e. The Labute approximate surface area is 151 Å². The summed E-state index contributed by atoms with van der Waals surface area (Å²) >= 11 is 0. The van der Waals surface area contributed by atoms with E-state index in [-0.39, 0.29) is 17.9 Å². The zero-order valence-corrected chi connectivity index (χ0v) is 14.5. The highest BCUT2D eigenvalue weighted by atomic mass is 16.2. The number of pyridine rings is 1. The van der Waals surface area contributed by atoms with Gasteiger partial charge in [0.15, 0.2) is 0 Å². The third kappa shape index (κ3) is 3.18. The van der Waals surface area contributed by atoms with Crippen LogP contribution in [0.25, 0.3) is 5.52 Å². The lowest BCUT2D eigenvalue weighted by Crippen LogP contribution is -2.32. The quantitative estimate of drug-likeness (QED) is 0.763. The molecule has 0 bridgehead atoms. The lowest BCUT2D eigenvalue weighted by molar-refractivity contribution is -0.123. The zero-order chi connectivity index (χ0) is 18.1. The molecule has 3 aromatic rings. The second-order valence-corrected chi connectivity index (χ2v) is 6.68. The monoisotopic (exact) mass is 348 g/mol. The van der Waals surface area contributed by atoms with Crippen molar-refractivity contribution >= 4 is 23.0 Å². The first-order chi connectivity index (χ1) is 12.6. The number of benzene rings is 1. The topological polar surface area (TPSA) is 75.5 Å². The van der Waals surface area contributed by atoms with Gasteiger partial charge in [-0.05, 0) is 55.2 Å². The number of hydrogen-bond acceptors (Lipinski definition) is 3. The molecule has 1 aromatic carbocycles. The van der Waals surface area contributed by atoms with E-state index in [1.165, 1.54) is 0 Å². The number of carbonyl (C=O) groups is 2. The summed E-state index contributed by atoms with van der Waals surface area (Å²) in [5.41, 5.74) is 4.09. The minimum atomic E-state index is -0.199. The molecule has 1 atom stereocenters. The number of aryl methyl sites for hydroxylation is 1. The Hall–Kier alpha value is -3.15. The van der Waals surface area contributed by atoms with Crippen LogP contribution >= 0.6 is 0 Å². The summed E-state index contributed by atoms with van der Waals surface area (Å²) in [5, 5.41) is 10.2. The second kappa shape index (κ2) is 6.63. The fourth-order valence-electron chi connectivity index (χ4n) is 3.35. The third-order valence-electron chi connectivity index (χ3n) is 4.70. The molecule has 4 rings (SSSR count). The molecular weight excluding hydrogens is 328 g/mol. The number of anilines is 1. The molecule has 3 heterocycles. The fourth-order valence-corrected chi connectivity index (χ4v) is 3.35. The van der Waals surface area contributed by atoms with E-state index >= 15 is 0 Å². The predicted octanol–water partition coefficient (Wildman–Crippen LogP) is 3.24. The summed E-state index contributed by atoms with van der Waals surface area (Å²) in [6.07, 6.45) is 5.80. The molecule has 1 fully saturated rings. The first-order valence-corrected chi connectivity index (χ1v) is 8.75. The third-order valence-corrected chi connectivity index (χ3v) is 4.70. The van der Waals surface area contributed by atoms with Crippen LogP contribution in [0.4, 0.5) is 5.69 Å². The van der Waals surface area contributed by atoms with Crippen LogP contribution in [0.5, 0.6) is 0 Å². The molecule has 2 aromatic heterocycles. The average Bonchev–Trinajstić information content (AvgIpc) is 3.05. The Morgan fingerprint density at radius 3 is 3.04 bits per heavy atom. The largest absolute Gasteiger partial charge is 0.349 e. The van der Waals surface area contributed by atoms with E-state index in [0.29, 0.717) is 17.7 Å². The molecular formula is C20H20N4O2. The first-order valence-electron chi connectivity index (χ1n) is 8.75. The number of piperidine rings is 1. The number of amides is 2. The van der Waals surface area contributed by atoms with Crippen molar-refractivity contribution in [2.45, 2.75) is 32.2 Å². The SMILES string of the molecule is Cc1ccn2ncc(C(=O)Nc3cccc(C4CCCC(=O)N4)c3)c2c1. The van der Waals surface area contributed by atoms with Crippen molar-refractivity contribution in [3.8, 4) is 0 Å². The van der Waals surface area contributed by atoms with Gasteiger partial charge in [0, 0.05) is 18.3 Å². The van der Waals surface area contributed by atoms with E-state index in [2.05, 4.69) is 15.7 Å². The van der Waals surface area contributed by atoms with Crippen LogP contribution in [0.3, 0.4) is 0 Å². The van der Waals surface area contributed by atoms with E-state index in [0.717, 1.165) is 29.5 Å². The Kier molecular flexibility index (Phi) is 4.16. The van der Waals surface area contributed by atoms with Gasteiger partial charge in [-0.3, -0.25) is 9.59 Å². The normalized spacial score (nSPS) is 17.1. The van der Waals surface area contributed by atoms with Gasteiger partial charge in [-0.25, -0.2) is 4.52 Å². The number of aromatic nitrogens is 2. The highest BCUT2D eigenvalue weighted by Gasteiger charge is 2.20. The molecule has 0 saturated carbocycles. The van der Waals surface area contributed by atoms with Gasteiger partial charge in [-0.2, -0.15) is 5.10 Å². The molecule has 1 unspecified atom stereocenters. The van der Waals surface area contributed by atoms with Crippen LogP contribution in [-0.2, 0) is 4.79 Å². The smallest absolute Gasteiger partial charge is 0.259 e. The summed E-state index contributed by atoms with van der Waals surface area (Å²) < 4.78 is 1.69. The molecule has 2 amide bonds. The summed E-state index contributed by atoms with van der Waals surface area (Å²) in [5.74, 6) is -0.118. The standard InChI is InChI=1S/C20H20N4O2/c1-13-8-9-24-18(10-13)16(12-21-24)20(26)22-15-5-2-4-14(11-15)17-6-3-7-19(25)23-17/h2,4-5,8-12,17H,3,6-7H2,1H3,(H,22,26)(H,23,25). The maximum atomic E-state index is 12.7. The van der Waals surface area contributed by atoms with Gasteiger partial charge in [0.1, 0.15) is 0 Å². The minimum Gasteiger partial charge on any atom is -0.349 e. The minimum absolute atomic E-state index is 0.00716. The highest BCUT2D eigenvalue weighted by Crippen LogP contribution is 2.26. The lowest BCUT2D eigenvalue weighted by Gasteiger charge is -2.24. The molecule has 1 aliphatic heterocycles. The van der Waals surface area contributed by atoms with Gasteiger partial charge in [0.2, 0.25) is 5.91 Å². The maximum absolute atomic E-state index is 12.7. The summed E-state index contributed by atoms with van der Waals surface area (Å²) in [7, 11) is 0. The van der Waals surface area contributed by atoms with Crippen LogP contribution in [0.2, 0.25) is 0 Å². The van der Waals surface area contributed by atoms with Crippen molar-refractivity contribution in [1.82, 2.24) is 14.9 Å². The number of carbonyl (C=O) groups excluding carboxylic acids is 2. The molecule has 6 heteroatoms. The zero-order valence-electron chi connectivity index (χ0n) is 14.5. The Morgan fingerprint density at radius 1 is 1.31 bits per heavy atom. The number of nitrogens with zero attached hydrogens (tertiary/aromatic N) is 2. The van der Waals surface area contributed by atoms with Gasteiger partial charge in [0.25, 0.3) is 5.91 Å². The summed E-state index contributed by atoms with van der Waals surface area (Å²) in [4.78, 5) is 24.3. The van der Waals surface area contributed by atoms with Gasteiger partial charge < -0.3 is 10.6 Å². The van der Waals surface area contributed by atoms with Gasteiger partial charge >= 0.3 is 0 Å². The van der Waals surface area contributed by atoms with Crippen molar-refractivity contribution in [3.05, 3.63) is 65.5 Å². The summed E-state index contributed by atoms with van der Waals surface area (Å²) in [6.45, 7) is 1.98. The molecule has 0 aliphatic carbocycles. The molecule has 132 valence electrons. The molecule has 1 aliphatic rings. The number of rotatable bonds is 3. The Balaban J connectivity index is 1.56. The van der Waals surface area contributed by atoms with Crippen LogP contribution in [-0.4, -0.2) is 21.4 Å². The van der Waals surface area contributed by atoms with Crippen LogP contribution in [0.15, 0.2) is 48.8 Å². The molecule has 0 radical (unpaired) electrons. The molecule has 1 saturated heterocycles. The number of nitrogens with one attached hydrogen (secondary N) is 2. The Morgan fingerprint density at radius 2 is 2.19 bits per heavy atom. The molecule has 6 nitrogen and oxygen atoms in total. The molecule has 0 spiro atoms. The first kappa shape index (κ1) is 16.3. The lowest BCUT2D eigenvalue weighted by atomic mass is 9.97.